The number of hydrogen-bond acceptors (Lipinski definition) is 17. The lowest BCUT2D eigenvalue weighted by Gasteiger charge is -2.39. The van der Waals surface area contributed by atoms with Crippen molar-refractivity contribution in [1.29, 1.82) is 0 Å². The van der Waals surface area contributed by atoms with Gasteiger partial charge in [0, 0.05) is 37.7 Å². The van der Waals surface area contributed by atoms with Crippen molar-refractivity contribution in [3.8, 4) is 51.7 Å². The zero-order valence-corrected chi connectivity index (χ0v) is 44.3. The minimum absolute atomic E-state index is 0.0181. The molecule has 0 amide bonds. The molecule has 7 heterocycles. The Morgan fingerprint density at radius 1 is 0.438 bits per heavy atom. The zero-order chi connectivity index (χ0) is 56.7. The van der Waals surface area contributed by atoms with Crippen LogP contribution in [0.25, 0.3) is 0 Å². The molecule has 9 N–H and O–H groups in total. The molecule has 7 aliphatic rings. The van der Waals surface area contributed by atoms with Crippen molar-refractivity contribution in [3.05, 3.63) is 161 Å². The molecule has 80 heavy (non-hydrogen) atoms. The first kappa shape index (κ1) is 58.9. The lowest BCUT2D eigenvalue weighted by Crippen LogP contribution is -2.60. The Hall–Kier alpha value is -7.19. The molecule has 424 valence electrons. The summed E-state index contributed by atoms with van der Waals surface area (Å²) in [5.74, 6) is 2.99. The Labute approximate surface area is 464 Å². The quantitative estimate of drug-likeness (QED) is 0.0810. The number of aliphatic hydroxyl groups is 7. The summed E-state index contributed by atoms with van der Waals surface area (Å²) in [6, 6.07) is 37.3. The van der Waals surface area contributed by atoms with Gasteiger partial charge in [0.2, 0.25) is 6.29 Å². The van der Waals surface area contributed by atoms with E-state index in [1.165, 1.54) is 17.7 Å². The highest BCUT2D eigenvalue weighted by molar-refractivity contribution is 5.97. The lowest BCUT2D eigenvalue weighted by molar-refractivity contribution is -0.277. The summed E-state index contributed by atoms with van der Waals surface area (Å²) >= 11 is 0. The summed E-state index contributed by atoms with van der Waals surface area (Å²) in [6.45, 7) is -0.565. The fraction of sp³-hybridized carbons (Fsp3) is 0.381. The third-order valence-corrected chi connectivity index (χ3v) is 14.4. The van der Waals surface area contributed by atoms with Crippen molar-refractivity contribution < 1.29 is 84.0 Å². The smallest absolute Gasteiger partial charge is 0.229 e. The van der Waals surface area contributed by atoms with Crippen LogP contribution in [-0.4, -0.2) is 119 Å². The van der Waals surface area contributed by atoms with Crippen LogP contribution in [0.3, 0.4) is 0 Å². The number of aryl methyl sites for hydroxylation is 5. The summed E-state index contributed by atoms with van der Waals surface area (Å²) in [7, 11) is 0. The lowest BCUT2D eigenvalue weighted by atomic mass is 9.99. The first-order valence-electron chi connectivity index (χ1n) is 27.2. The minimum atomic E-state index is -1.56. The minimum Gasteiger partial charge on any atom is -0.504 e. The summed E-state index contributed by atoms with van der Waals surface area (Å²) in [4.78, 5) is 36.4. The Kier molecular flexibility index (Phi) is 20.8. The Morgan fingerprint density at radius 3 is 1.45 bits per heavy atom. The van der Waals surface area contributed by atoms with E-state index in [1.54, 1.807) is 54.6 Å². The molecule has 6 aromatic carbocycles. The number of aromatic hydroxyl groups is 2. The van der Waals surface area contributed by atoms with Gasteiger partial charge in [0.05, 0.1) is 24.9 Å². The first-order chi connectivity index (χ1) is 38.5. The monoisotopic (exact) mass is 1100 g/mol. The molecule has 0 radical (unpaired) electrons. The van der Waals surface area contributed by atoms with Crippen molar-refractivity contribution in [3.63, 3.8) is 0 Å². The normalized spacial score (nSPS) is 23.7. The van der Waals surface area contributed by atoms with Crippen molar-refractivity contribution in [2.24, 2.45) is 0 Å². The van der Waals surface area contributed by atoms with Gasteiger partial charge in [-0.3, -0.25) is 14.4 Å². The van der Waals surface area contributed by atoms with E-state index in [1.807, 2.05) is 60.7 Å². The topological polar surface area (TPSA) is 279 Å². The highest BCUT2D eigenvalue weighted by atomic mass is 16.7. The molecule has 1 saturated heterocycles. The Bertz CT molecular complexity index is 2990. The van der Waals surface area contributed by atoms with Gasteiger partial charge < -0.3 is 69.6 Å². The maximum absolute atomic E-state index is 12.3. The van der Waals surface area contributed by atoms with E-state index in [0.29, 0.717) is 92.1 Å². The van der Waals surface area contributed by atoms with E-state index >= 15 is 0 Å². The van der Waals surface area contributed by atoms with Crippen LogP contribution in [0.15, 0.2) is 127 Å². The number of rotatable bonds is 3. The molecule has 17 heteroatoms. The molecular formula is C63H70O17. The summed E-state index contributed by atoms with van der Waals surface area (Å²) in [5.41, 5.74) is 5.45. The number of ketones is 3. The molecule has 1 fully saturated rings. The number of carbonyl (C=O) groups is 3. The molecule has 0 aromatic heterocycles. The number of ether oxygens (including phenoxy) is 5. The highest BCUT2D eigenvalue weighted by Gasteiger charge is 2.45. The Balaban J connectivity index is 0.000000163. The number of carbonyl (C=O) groups excluding carboxylic acids is 3. The molecule has 13 rings (SSSR count). The fourth-order valence-electron chi connectivity index (χ4n) is 9.60. The van der Waals surface area contributed by atoms with Crippen LogP contribution < -0.4 is 18.9 Å². The van der Waals surface area contributed by atoms with Crippen LogP contribution in [0, 0.1) is 0 Å². The third-order valence-electron chi connectivity index (χ3n) is 14.4. The van der Waals surface area contributed by atoms with Gasteiger partial charge in [0.25, 0.3) is 0 Å². The Morgan fingerprint density at radius 2 is 0.900 bits per heavy atom. The molecule has 0 spiro atoms. The molecule has 0 aliphatic carbocycles. The van der Waals surface area contributed by atoms with E-state index in [-0.39, 0.29) is 59.6 Å². The van der Waals surface area contributed by atoms with Crippen LogP contribution in [0.2, 0.25) is 0 Å². The van der Waals surface area contributed by atoms with Gasteiger partial charge >= 0.3 is 0 Å². The predicted molar refractivity (Wildman–Crippen MR) is 294 cm³/mol. The average molecular weight is 1100 g/mol. The van der Waals surface area contributed by atoms with Gasteiger partial charge in [0.15, 0.2) is 40.3 Å². The van der Waals surface area contributed by atoms with Gasteiger partial charge in [-0.25, -0.2) is 0 Å². The zero-order valence-electron chi connectivity index (χ0n) is 44.3. The van der Waals surface area contributed by atoms with E-state index in [9.17, 15) is 60.3 Å². The van der Waals surface area contributed by atoms with Crippen molar-refractivity contribution in [2.45, 2.75) is 145 Å². The van der Waals surface area contributed by atoms with Gasteiger partial charge in [-0.05, 0) is 164 Å². The number of benzene rings is 6. The third kappa shape index (κ3) is 16.9. The summed E-state index contributed by atoms with van der Waals surface area (Å²) in [5, 5.41) is 90.0. The molecular weight excluding hydrogens is 1030 g/mol. The van der Waals surface area contributed by atoms with E-state index < -0.39 is 55.6 Å². The van der Waals surface area contributed by atoms with Crippen molar-refractivity contribution in [1.82, 2.24) is 0 Å². The van der Waals surface area contributed by atoms with Gasteiger partial charge in [-0.1, -0.05) is 55.0 Å². The fourth-order valence-corrected chi connectivity index (χ4v) is 9.60. The molecule has 5 unspecified atom stereocenters. The largest absolute Gasteiger partial charge is 0.504 e. The maximum atomic E-state index is 12.3. The number of fused-ring (bicyclic) bond motifs is 24. The van der Waals surface area contributed by atoms with Crippen LogP contribution >= 0.6 is 0 Å². The van der Waals surface area contributed by atoms with E-state index in [2.05, 4.69) is 0 Å². The number of phenols is 2. The molecule has 12 bridgehead atoms. The number of Topliss-reactive ketones (excluding diaryl/α,β-unsaturated/α-hetero) is 3. The van der Waals surface area contributed by atoms with Crippen molar-refractivity contribution in [2.75, 3.05) is 6.61 Å². The SMILES string of the molecule is O=C1CC(O)CCCCc2ccc(cc2)Oc2cc1ccc2O.O=C1CCc2ccc(cc2)Oc2cc(ccc2O)CCC(O)C1.O=C1CCc2ccc(cc2)Oc2cc(ccc2O[C@@H]2OC(CO)[C@H](O)[C@@H](O)C2O)CCC(O)C1. The van der Waals surface area contributed by atoms with Crippen LogP contribution in [0.1, 0.15) is 102 Å². The van der Waals surface area contributed by atoms with Crippen molar-refractivity contribution >= 4 is 17.3 Å². The summed E-state index contributed by atoms with van der Waals surface area (Å²) < 4.78 is 28.8. The first-order valence-corrected chi connectivity index (χ1v) is 27.2. The number of hydrogen-bond donors (Lipinski definition) is 9. The second-order valence-corrected chi connectivity index (χ2v) is 20.7. The molecule has 0 saturated carbocycles. The summed E-state index contributed by atoms with van der Waals surface area (Å²) in [6.07, 6.45) is -1.19. The maximum Gasteiger partial charge on any atom is 0.229 e. The number of phenolic OH excluding ortho intramolecular Hbond substituents is 2. The second-order valence-electron chi connectivity index (χ2n) is 20.7. The molecule has 7 aliphatic heterocycles. The molecule has 17 nitrogen and oxygen atoms in total. The predicted octanol–water partition coefficient (Wildman–Crippen LogP) is 8.08. The standard InChI is InChI=1S/C25H30O9.2C19H20O4/c26-13-21-22(29)23(30)24(31)25(34-21)33-19-10-5-15-2-7-17(28)12-16(27)6-1-14-3-8-18(9-4-14)32-20(19)11-15;20-15-6-1-13-3-8-17(9-4-13)23-19-11-14(5-10-18(19)22)2-7-16(21)12-15;20-15-4-2-1-3-13-5-8-16(9-6-13)23-19-11-14(18(22)12-15)7-10-17(19)21/h3-5,8-11,17,21-26,28-31H,1-2,6-7,12-13H2;3-5,8-11,16,21-22H,1-2,6-7,12H2;5-11,15,20-21H,1-4,12H2/t17?,21?,22-,23+,24?,25+;;/m0../s1. The number of aliphatic hydroxyl groups excluding tert-OH is 7. The molecule has 8 atom stereocenters. The van der Waals surface area contributed by atoms with E-state index in [4.69, 9.17) is 23.7 Å². The van der Waals surface area contributed by atoms with Crippen LogP contribution in [-0.2, 0) is 46.4 Å². The second kappa shape index (κ2) is 28.3. The van der Waals surface area contributed by atoms with Crippen LogP contribution in [0.5, 0.6) is 51.7 Å². The molecule has 6 aromatic rings. The average Bonchev–Trinajstić information content (AvgIpc) is 3.47. The van der Waals surface area contributed by atoms with Crippen LogP contribution in [0.4, 0.5) is 0 Å². The van der Waals surface area contributed by atoms with E-state index in [0.717, 1.165) is 41.5 Å². The highest BCUT2D eigenvalue weighted by Crippen LogP contribution is 2.38. The van der Waals surface area contributed by atoms with Gasteiger partial charge in [-0.15, -0.1) is 0 Å². The van der Waals surface area contributed by atoms with Gasteiger partial charge in [-0.2, -0.15) is 0 Å². The van der Waals surface area contributed by atoms with Gasteiger partial charge in [0.1, 0.15) is 53.2 Å².